The minimum atomic E-state index is -0.793. The van der Waals surface area contributed by atoms with Gasteiger partial charge >= 0.3 is 12.1 Å². The molecule has 1 saturated heterocycles. The van der Waals surface area contributed by atoms with Crippen LogP contribution in [0.5, 0.6) is 0 Å². The Hall–Kier alpha value is -1.30. The molecule has 2 aliphatic rings. The van der Waals surface area contributed by atoms with Gasteiger partial charge in [0.1, 0.15) is 11.1 Å². The van der Waals surface area contributed by atoms with E-state index < -0.39 is 17.1 Å². The van der Waals surface area contributed by atoms with Crippen molar-refractivity contribution in [1.29, 1.82) is 0 Å². The first kappa shape index (κ1) is 17.1. The Morgan fingerprint density at radius 3 is 2.45 bits per heavy atom. The first-order chi connectivity index (χ1) is 10.1. The van der Waals surface area contributed by atoms with Gasteiger partial charge in [-0.1, -0.05) is 0 Å². The molecule has 0 aromatic rings. The van der Waals surface area contributed by atoms with E-state index in [2.05, 4.69) is 5.32 Å². The number of ether oxygens (including phenoxy) is 1. The van der Waals surface area contributed by atoms with Crippen LogP contribution in [0, 0.1) is 0 Å². The maximum absolute atomic E-state index is 12.4. The zero-order valence-electron chi connectivity index (χ0n) is 14.0. The average molecular weight is 312 g/mol. The monoisotopic (exact) mass is 312 g/mol. The topological polar surface area (TPSA) is 78.9 Å². The quantitative estimate of drug-likeness (QED) is 0.833. The van der Waals surface area contributed by atoms with E-state index >= 15 is 0 Å². The van der Waals surface area contributed by atoms with E-state index in [0.29, 0.717) is 19.4 Å². The fourth-order valence-corrected chi connectivity index (χ4v) is 3.10. The van der Waals surface area contributed by atoms with Crippen LogP contribution in [0.15, 0.2) is 0 Å². The van der Waals surface area contributed by atoms with Gasteiger partial charge < -0.3 is 14.7 Å². The van der Waals surface area contributed by atoms with E-state index in [1.807, 2.05) is 27.7 Å². The number of piperidine rings is 1. The van der Waals surface area contributed by atoms with Crippen molar-refractivity contribution in [2.24, 2.45) is 0 Å². The van der Waals surface area contributed by atoms with Crippen molar-refractivity contribution in [3.05, 3.63) is 0 Å². The number of carbonyl (C=O) groups is 2. The minimum absolute atomic E-state index is 0.0135. The SMILES string of the molecule is CC(NC1(C(=O)O)CC1)C1CCCCN1C(=O)OC(C)(C)C. The van der Waals surface area contributed by atoms with Crippen LogP contribution >= 0.6 is 0 Å². The summed E-state index contributed by atoms with van der Waals surface area (Å²) in [6.07, 6.45) is 3.91. The summed E-state index contributed by atoms with van der Waals surface area (Å²) in [5.74, 6) is -0.793. The van der Waals surface area contributed by atoms with Gasteiger partial charge in [0.25, 0.3) is 0 Å². The molecule has 0 radical (unpaired) electrons. The van der Waals surface area contributed by atoms with Crippen LogP contribution in [0.25, 0.3) is 0 Å². The van der Waals surface area contributed by atoms with Crippen molar-refractivity contribution in [3.63, 3.8) is 0 Å². The summed E-state index contributed by atoms with van der Waals surface area (Å²) >= 11 is 0. The molecule has 1 heterocycles. The molecule has 2 fully saturated rings. The van der Waals surface area contributed by atoms with Crippen molar-refractivity contribution in [2.75, 3.05) is 6.54 Å². The van der Waals surface area contributed by atoms with Gasteiger partial charge in [0.05, 0.1) is 6.04 Å². The first-order valence-electron chi connectivity index (χ1n) is 8.15. The molecule has 1 amide bonds. The van der Waals surface area contributed by atoms with E-state index in [4.69, 9.17) is 4.74 Å². The third-order valence-corrected chi connectivity index (χ3v) is 4.42. The smallest absolute Gasteiger partial charge is 0.410 e. The molecule has 2 rings (SSSR count). The van der Waals surface area contributed by atoms with Gasteiger partial charge in [0, 0.05) is 12.6 Å². The molecule has 2 N–H and O–H groups in total. The van der Waals surface area contributed by atoms with Crippen molar-refractivity contribution in [3.8, 4) is 0 Å². The largest absolute Gasteiger partial charge is 0.480 e. The van der Waals surface area contributed by atoms with E-state index in [1.165, 1.54) is 0 Å². The molecule has 1 saturated carbocycles. The standard InChI is InChI=1S/C16H28N2O4/c1-11(17-16(8-9-16)13(19)20)12-7-5-6-10-18(12)14(21)22-15(2,3)4/h11-12,17H,5-10H2,1-4H3,(H,19,20). The molecule has 0 spiro atoms. The fourth-order valence-electron chi connectivity index (χ4n) is 3.10. The second-order valence-electron chi connectivity index (χ2n) is 7.56. The third kappa shape index (κ3) is 3.91. The van der Waals surface area contributed by atoms with E-state index in [0.717, 1.165) is 19.3 Å². The highest BCUT2D eigenvalue weighted by Gasteiger charge is 2.52. The molecular weight excluding hydrogens is 284 g/mol. The molecule has 6 nitrogen and oxygen atoms in total. The summed E-state index contributed by atoms with van der Waals surface area (Å²) in [4.78, 5) is 25.5. The number of likely N-dealkylation sites (tertiary alicyclic amines) is 1. The Morgan fingerprint density at radius 1 is 1.32 bits per heavy atom. The first-order valence-corrected chi connectivity index (χ1v) is 8.15. The third-order valence-electron chi connectivity index (χ3n) is 4.42. The highest BCUT2D eigenvalue weighted by molar-refractivity contribution is 5.82. The van der Waals surface area contributed by atoms with Crippen LogP contribution in [0.1, 0.15) is 59.8 Å². The highest BCUT2D eigenvalue weighted by atomic mass is 16.6. The van der Waals surface area contributed by atoms with Gasteiger partial charge in [0.15, 0.2) is 0 Å². The highest BCUT2D eigenvalue weighted by Crippen LogP contribution is 2.37. The number of hydrogen-bond donors (Lipinski definition) is 2. The van der Waals surface area contributed by atoms with E-state index in [9.17, 15) is 14.7 Å². The minimum Gasteiger partial charge on any atom is -0.480 e. The maximum Gasteiger partial charge on any atom is 0.410 e. The maximum atomic E-state index is 12.4. The van der Waals surface area contributed by atoms with Gasteiger partial charge in [-0.05, 0) is 59.8 Å². The lowest BCUT2D eigenvalue weighted by Crippen LogP contribution is -2.57. The molecular formula is C16H28N2O4. The Bertz CT molecular complexity index is 440. The number of aliphatic carboxylic acids is 1. The zero-order chi connectivity index (χ0) is 16.5. The summed E-state index contributed by atoms with van der Waals surface area (Å²) in [6.45, 7) is 8.21. The van der Waals surface area contributed by atoms with E-state index in [1.54, 1.807) is 4.90 Å². The van der Waals surface area contributed by atoms with Crippen LogP contribution in [0.3, 0.4) is 0 Å². The van der Waals surface area contributed by atoms with Crippen molar-refractivity contribution in [2.45, 2.75) is 83.0 Å². The molecule has 2 atom stereocenters. The second-order valence-corrected chi connectivity index (χ2v) is 7.56. The summed E-state index contributed by atoms with van der Waals surface area (Å²) in [5, 5.41) is 12.5. The summed E-state index contributed by atoms with van der Waals surface area (Å²) < 4.78 is 5.49. The van der Waals surface area contributed by atoms with Crippen LogP contribution in [-0.2, 0) is 9.53 Å². The Kier molecular flexibility index (Phi) is 4.70. The lowest BCUT2D eigenvalue weighted by molar-refractivity contribution is -0.141. The number of nitrogens with zero attached hydrogens (tertiary/aromatic N) is 1. The Labute approximate surface area is 132 Å². The molecule has 0 aromatic heterocycles. The van der Waals surface area contributed by atoms with Crippen LogP contribution < -0.4 is 5.32 Å². The van der Waals surface area contributed by atoms with E-state index in [-0.39, 0.29) is 18.2 Å². The molecule has 1 aliphatic heterocycles. The number of carbonyl (C=O) groups excluding carboxylic acids is 1. The van der Waals surface area contributed by atoms with Gasteiger partial charge in [0.2, 0.25) is 0 Å². The zero-order valence-corrected chi connectivity index (χ0v) is 14.0. The molecule has 22 heavy (non-hydrogen) atoms. The van der Waals surface area contributed by atoms with Gasteiger partial charge in [-0.3, -0.25) is 10.1 Å². The van der Waals surface area contributed by atoms with Crippen LogP contribution in [0.4, 0.5) is 4.79 Å². The number of rotatable bonds is 4. The van der Waals surface area contributed by atoms with Crippen molar-refractivity contribution < 1.29 is 19.4 Å². The second kappa shape index (κ2) is 6.07. The summed E-state index contributed by atoms with van der Waals surface area (Å²) in [5.41, 5.74) is -1.30. The number of carboxylic acids is 1. The number of nitrogens with one attached hydrogen (secondary N) is 1. The number of carboxylic acid groups (broad SMARTS) is 1. The van der Waals surface area contributed by atoms with Crippen LogP contribution in [0.2, 0.25) is 0 Å². The Balaban J connectivity index is 2.03. The predicted octanol–water partition coefficient (Wildman–Crippen LogP) is 2.37. The van der Waals surface area contributed by atoms with Gasteiger partial charge in [-0.15, -0.1) is 0 Å². The molecule has 0 aromatic carbocycles. The number of amides is 1. The molecule has 6 heteroatoms. The lowest BCUT2D eigenvalue weighted by Gasteiger charge is -2.40. The van der Waals surface area contributed by atoms with Gasteiger partial charge in [-0.25, -0.2) is 4.79 Å². The molecule has 126 valence electrons. The summed E-state index contributed by atoms with van der Waals surface area (Å²) in [6, 6.07) is -0.0770. The lowest BCUT2D eigenvalue weighted by atomic mass is 9.96. The average Bonchev–Trinajstić information content (AvgIpc) is 3.17. The fraction of sp³-hybridized carbons (Fsp3) is 0.875. The molecule has 1 aliphatic carbocycles. The van der Waals surface area contributed by atoms with Crippen LogP contribution in [-0.4, -0.2) is 51.8 Å². The van der Waals surface area contributed by atoms with Gasteiger partial charge in [-0.2, -0.15) is 0 Å². The molecule has 2 unspecified atom stereocenters. The van der Waals surface area contributed by atoms with Crippen molar-refractivity contribution >= 4 is 12.1 Å². The molecule has 0 bridgehead atoms. The normalized spacial score (nSPS) is 25.5. The Morgan fingerprint density at radius 2 is 1.95 bits per heavy atom. The predicted molar refractivity (Wildman–Crippen MR) is 82.8 cm³/mol. The number of hydrogen-bond acceptors (Lipinski definition) is 4. The summed E-state index contributed by atoms with van der Waals surface area (Å²) in [7, 11) is 0. The van der Waals surface area contributed by atoms with Crippen molar-refractivity contribution in [1.82, 2.24) is 10.2 Å².